The van der Waals surface area contributed by atoms with E-state index in [1.807, 2.05) is 47.0 Å². The quantitative estimate of drug-likeness (QED) is 0.486. The molecule has 0 saturated heterocycles. The van der Waals surface area contributed by atoms with Gasteiger partial charge in [0.25, 0.3) is 0 Å². The molecule has 1 fully saturated rings. The van der Waals surface area contributed by atoms with Crippen LogP contribution >= 0.6 is 23.4 Å². The molecule has 1 aromatic heterocycles. The maximum Gasteiger partial charge on any atom is 0.230 e. The van der Waals surface area contributed by atoms with Crippen molar-refractivity contribution in [2.75, 3.05) is 5.75 Å². The van der Waals surface area contributed by atoms with Crippen molar-refractivity contribution in [3.63, 3.8) is 0 Å². The number of halogens is 1. The third-order valence-electron chi connectivity index (χ3n) is 5.88. The molecule has 31 heavy (non-hydrogen) atoms. The summed E-state index contributed by atoms with van der Waals surface area (Å²) in [7, 11) is 0. The van der Waals surface area contributed by atoms with Crippen LogP contribution in [-0.4, -0.2) is 32.5 Å². The highest BCUT2D eigenvalue weighted by Gasteiger charge is 2.24. The Morgan fingerprint density at radius 2 is 1.87 bits per heavy atom. The topological polar surface area (TPSA) is 59.8 Å². The zero-order chi connectivity index (χ0) is 21.8. The number of hydrogen-bond donors (Lipinski definition) is 1. The van der Waals surface area contributed by atoms with Crippen molar-refractivity contribution >= 4 is 29.3 Å². The molecule has 0 aliphatic heterocycles. The molecule has 1 aliphatic carbocycles. The minimum absolute atomic E-state index is 0.0520. The number of aryl methyl sites for hydroxylation is 1. The van der Waals surface area contributed by atoms with E-state index >= 15 is 0 Å². The lowest BCUT2D eigenvalue weighted by molar-refractivity contribution is -0.119. The van der Waals surface area contributed by atoms with Gasteiger partial charge in [0.1, 0.15) is 0 Å². The van der Waals surface area contributed by atoms with Crippen LogP contribution in [0.25, 0.3) is 17.1 Å². The van der Waals surface area contributed by atoms with Crippen molar-refractivity contribution in [3.05, 3.63) is 59.1 Å². The Labute approximate surface area is 192 Å². The Balaban J connectivity index is 1.58. The van der Waals surface area contributed by atoms with Gasteiger partial charge in [0, 0.05) is 16.6 Å². The molecular formula is C24H27ClN4OS. The van der Waals surface area contributed by atoms with Crippen molar-refractivity contribution in [2.24, 2.45) is 5.92 Å². The number of carbonyl (C=O) groups excluding carboxylic acids is 1. The number of carbonyl (C=O) groups is 1. The Kier molecular flexibility index (Phi) is 6.98. The summed E-state index contributed by atoms with van der Waals surface area (Å²) >= 11 is 7.49. The molecule has 0 bridgehead atoms. The second-order valence-electron chi connectivity index (χ2n) is 8.16. The van der Waals surface area contributed by atoms with Crippen molar-refractivity contribution in [2.45, 2.75) is 50.7 Å². The largest absolute Gasteiger partial charge is 0.352 e. The Hall–Kier alpha value is -2.31. The molecule has 0 radical (unpaired) electrons. The van der Waals surface area contributed by atoms with Gasteiger partial charge in [-0.3, -0.25) is 9.36 Å². The van der Waals surface area contributed by atoms with Crippen LogP contribution in [0.3, 0.4) is 0 Å². The lowest BCUT2D eigenvalue weighted by atomic mass is 9.86. The summed E-state index contributed by atoms with van der Waals surface area (Å²) < 4.78 is 2.03. The summed E-state index contributed by atoms with van der Waals surface area (Å²) in [5.41, 5.74) is 3.04. The third-order valence-corrected chi connectivity index (χ3v) is 7.06. The summed E-state index contributed by atoms with van der Waals surface area (Å²) in [4.78, 5) is 12.7. The number of nitrogens with zero attached hydrogens (tertiary/aromatic N) is 3. The van der Waals surface area contributed by atoms with E-state index in [2.05, 4.69) is 35.4 Å². The number of hydrogen-bond acceptors (Lipinski definition) is 4. The zero-order valence-corrected chi connectivity index (χ0v) is 19.4. The normalized spacial score (nSPS) is 18.7. The molecule has 1 N–H and O–H groups in total. The Morgan fingerprint density at radius 3 is 2.61 bits per heavy atom. The van der Waals surface area contributed by atoms with Crippen LogP contribution in [0.1, 0.15) is 38.2 Å². The van der Waals surface area contributed by atoms with Gasteiger partial charge in [-0.05, 0) is 61.6 Å². The highest BCUT2D eigenvalue weighted by molar-refractivity contribution is 7.99. The number of aromatic nitrogens is 3. The van der Waals surface area contributed by atoms with Crippen molar-refractivity contribution in [1.29, 1.82) is 0 Å². The van der Waals surface area contributed by atoms with E-state index < -0.39 is 0 Å². The first-order valence-electron chi connectivity index (χ1n) is 10.7. The van der Waals surface area contributed by atoms with Crippen molar-refractivity contribution in [3.8, 4) is 17.1 Å². The molecule has 5 nitrogen and oxygen atoms in total. The van der Waals surface area contributed by atoms with Gasteiger partial charge in [0.15, 0.2) is 11.0 Å². The van der Waals surface area contributed by atoms with Gasteiger partial charge in [0.2, 0.25) is 5.91 Å². The first-order valence-corrected chi connectivity index (χ1v) is 12.1. The van der Waals surface area contributed by atoms with Gasteiger partial charge in [-0.15, -0.1) is 10.2 Å². The highest BCUT2D eigenvalue weighted by atomic mass is 35.5. The molecule has 2 aromatic carbocycles. The average molecular weight is 455 g/mol. The summed E-state index contributed by atoms with van der Waals surface area (Å²) in [5, 5.41) is 13.5. The van der Waals surface area contributed by atoms with Crippen LogP contribution in [-0.2, 0) is 4.79 Å². The second-order valence-corrected chi connectivity index (χ2v) is 9.54. The van der Waals surface area contributed by atoms with Crippen LogP contribution in [0.4, 0.5) is 0 Å². The molecule has 1 saturated carbocycles. The SMILES string of the molecule is Cc1ccccc1-n1c(SCC(=O)N[C@H]2CCCC[C@H]2C)nnc1-c1ccc(Cl)cc1. The Morgan fingerprint density at radius 1 is 1.13 bits per heavy atom. The first kappa shape index (κ1) is 21.9. The van der Waals surface area contributed by atoms with E-state index in [0.29, 0.717) is 21.8 Å². The molecule has 1 amide bonds. The second kappa shape index (κ2) is 9.88. The third kappa shape index (κ3) is 5.13. The molecule has 7 heteroatoms. The van der Waals surface area contributed by atoms with Gasteiger partial charge < -0.3 is 5.32 Å². The van der Waals surface area contributed by atoms with E-state index in [1.165, 1.54) is 31.0 Å². The van der Waals surface area contributed by atoms with Crippen LogP contribution in [0.15, 0.2) is 53.7 Å². The van der Waals surface area contributed by atoms with Gasteiger partial charge in [-0.25, -0.2) is 0 Å². The first-order chi connectivity index (χ1) is 15.0. The fourth-order valence-electron chi connectivity index (χ4n) is 4.09. The minimum atomic E-state index is 0.0520. The van der Waals surface area contributed by atoms with E-state index in [0.717, 1.165) is 29.1 Å². The van der Waals surface area contributed by atoms with E-state index in [-0.39, 0.29) is 11.9 Å². The van der Waals surface area contributed by atoms with Crippen LogP contribution in [0, 0.1) is 12.8 Å². The smallest absolute Gasteiger partial charge is 0.230 e. The number of benzene rings is 2. The van der Waals surface area contributed by atoms with E-state index in [1.54, 1.807) is 0 Å². The predicted octanol–water partition coefficient (Wildman–Crippen LogP) is 5.68. The lowest BCUT2D eigenvalue weighted by Gasteiger charge is -2.29. The molecule has 1 aliphatic rings. The van der Waals surface area contributed by atoms with E-state index in [4.69, 9.17) is 11.6 Å². The number of amides is 1. The van der Waals surface area contributed by atoms with Gasteiger partial charge >= 0.3 is 0 Å². The number of nitrogens with one attached hydrogen (secondary N) is 1. The van der Waals surface area contributed by atoms with E-state index in [9.17, 15) is 4.79 Å². The molecule has 4 rings (SSSR count). The average Bonchev–Trinajstić information content (AvgIpc) is 3.18. The summed E-state index contributed by atoms with van der Waals surface area (Å²) in [6, 6.07) is 16.0. The summed E-state index contributed by atoms with van der Waals surface area (Å²) in [5.74, 6) is 1.63. The summed E-state index contributed by atoms with van der Waals surface area (Å²) in [6.07, 6.45) is 4.70. The van der Waals surface area contributed by atoms with Gasteiger partial charge in [0.05, 0.1) is 11.4 Å². The van der Waals surface area contributed by atoms with Gasteiger partial charge in [-0.2, -0.15) is 0 Å². The molecule has 162 valence electrons. The monoisotopic (exact) mass is 454 g/mol. The maximum atomic E-state index is 12.7. The maximum absolute atomic E-state index is 12.7. The number of thioether (sulfide) groups is 1. The minimum Gasteiger partial charge on any atom is -0.352 e. The fraction of sp³-hybridized carbons (Fsp3) is 0.375. The number of para-hydroxylation sites is 1. The van der Waals surface area contributed by atoms with Crippen molar-refractivity contribution in [1.82, 2.24) is 20.1 Å². The molecule has 1 heterocycles. The zero-order valence-electron chi connectivity index (χ0n) is 17.8. The molecule has 3 aromatic rings. The summed E-state index contributed by atoms with van der Waals surface area (Å²) in [6.45, 7) is 4.29. The highest BCUT2D eigenvalue weighted by Crippen LogP contribution is 2.30. The molecular weight excluding hydrogens is 428 g/mol. The molecule has 0 unspecified atom stereocenters. The van der Waals surface area contributed by atoms with Crippen LogP contribution in [0.5, 0.6) is 0 Å². The predicted molar refractivity (Wildman–Crippen MR) is 127 cm³/mol. The van der Waals surface area contributed by atoms with Crippen molar-refractivity contribution < 1.29 is 4.79 Å². The molecule has 0 spiro atoms. The lowest BCUT2D eigenvalue weighted by Crippen LogP contribution is -2.41. The number of rotatable bonds is 6. The van der Waals surface area contributed by atoms with Gasteiger partial charge in [-0.1, -0.05) is 61.3 Å². The van der Waals surface area contributed by atoms with Crippen LogP contribution < -0.4 is 5.32 Å². The Bertz CT molecular complexity index is 1050. The fourth-order valence-corrected chi connectivity index (χ4v) is 4.97. The van der Waals surface area contributed by atoms with Crippen LogP contribution in [0.2, 0.25) is 5.02 Å². The molecule has 2 atom stereocenters. The standard InChI is InChI=1S/C24H27ClN4OS/c1-16-7-3-5-9-20(16)26-22(30)15-31-24-28-27-23(18-11-13-19(25)14-12-18)29(24)21-10-6-4-8-17(21)2/h4,6,8,10-14,16,20H,3,5,7,9,15H2,1-2H3,(H,26,30)/t16-,20+/m1/s1.